The zero-order valence-corrected chi connectivity index (χ0v) is 17.0. The van der Waals surface area contributed by atoms with Gasteiger partial charge in [0, 0.05) is 5.69 Å². The molecule has 3 rings (SSSR count). The first kappa shape index (κ1) is 18.7. The summed E-state index contributed by atoms with van der Waals surface area (Å²) >= 11 is 1.70. The van der Waals surface area contributed by atoms with E-state index in [1.54, 1.807) is 11.3 Å². The van der Waals surface area contributed by atoms with E-state index in [1.807, 2.05) is 0 Å². The van der Waals surface area contributed by atoms with Gasteiger partial charge in [0.25, 0.3) is 0 Å². The monoisotopic (exact) mass is 402 g/mol. The normalized spacial score (nSPS) is 10.5. The Morgan fingerprint density at radius 2 is 1.54 bits per heavy atom. The maximum absolute atomic E-state index is 4.67. The topological polar surface area (TPSA) is 24.9 Å². The van der Waals surface area contributed by atoms with Crippen LogP contribution in [0, 0.1) is 13.8 Å². The zero-order chi connectivity index (χ0) is 16.4. The van der Waals surface area contributed by atoms with Crippen LogP contribution in [0.2, 0.25) is 0 Å². The van der Waals surface area contributed by atoms with Crippen LogP contribution >= 0.6 is 28.3 Å². The third-order valence-electron chi connectivity index (χ3n) is 3.94. The number of rotatable bonds is 4. The van der Waals surface area contributed by atoms with E-state index in [-0.39, 0.29) is 17.0 Å². The van der Waals surface area contributed by atoms with Gasteiger partial charge in [-0.2, -0.15) is 0 Å². The molecular weight excluding hydrogens is 380 g/mol. The third kappa shape index (κ3) is 4.25. The fourth-order valence-corrected chi connectivity index (χ4v) is 3.49. The Bertz CT molecular complexity index is 790. The molecule has 0 amide bonds. The van der Waals surface area contributed by atoms with Crippen LogP contribution in [0.1, 0.15) is 36.6 Å². The first-order valence-corrected chi connectivity index (χ1v) is 8.76. The van der Waals surface area contributed by atoms with Crippen molar-refractivity contribution in [1.29, 1.82) is 0 Å². The average molecular weight is 403 g/mol. The maximum Gasteiger partial charge on any atom is 0.187 e. The summed E-state index contributed by atoms with van der Waals surface area (Å²) < 4.78 is 0. The number of nitrogens with zero attached hydrogens (tertiary/aromatic N) is 1. The van der Waals surface area contributed by atoms with Crippen LogP contribution < -0.4 is 5.32 Å². The lowest BCUT2D eigenvalue weighted by atomic mass is 10.0. The lowest BCUT2D eigenvalue weighted by Gasteiger charge is -2.07. The lowest BCUT2D eigenvalue weighted by Crippen LogP contribution is -1.91. The van der Waals surface area contributed by atoms with Gasteiger partial charge in [-0.05, 0) is 43.0 Å². The summed E-state index contributed by atoms with van der Waals surface area (Å²) in [6.07, 6.45) is 0. The third-order valence-corrected chi connectivity index (χ3v) is 5.06. The van der Waals surface area contributed by atoms with Crippen molar-refractivity contribution in [2.45, 2.75) is 33.6 Å². The Kier molecular flexibility index (Phi) is 6.19. The Morgan fingerprint density at radius 1 is 0.917 bits per heavy atom. The van der Waals surface area contributed by atoms with Crippen LogP contribution in [0.25, 0.3) is 10.4 Å². The molecule has 0 aliphatic rings. The highest BCUT2D eigenvalue weighted by Crippen LogP contribution is 2.34. The van der Waals surface area contributed by atoms with E-state index in [1.165, 1.54) is 21.6 Å². The molecule has 24 heavy (non-hydrogen) atoms. The molecule has 0 spiro atoms. The Morgan fingerprint density at radius 3 is 2.12 bits per heavy atom. The summed E-state index contributed by atoms with van der Waals surface area (Å²) in [5, 5.41) is 4.36. The molecule has 0 saturated heterocycles. The Labute approximate surface area is 158 Å². The van der Waals surface area contributed by atoms with Gasteiger partial charge in [-0.15, -0.1) is 17.0 Å². The maximum atomic E-state index is 4.67. The van der Waals surface area contributed by atoms with Crippen LogP contribution in [-0.2, 0) is 0 Å². The van der Waals surface area contributed by atoms with Crippen molar-refractivity contribution in [3.05, 3.63) is 65.4 Å². The summed E-state index contributed by atoms with van der Waals surface area (Å²) in [4.78, 5) is 5.90. The molecule has 0 fully saturated rings. The van der Waals surface area contributed by atoms with Gasteiger partial charge in [0.15, 0.2) is 5.13 Å². The molecule has 1 aromatic heterocycles. The molecule has 0 atom stereocenters. The quantitative estimate of drug-likeness (QED) is 0.514. The summed E-state index contributed by atoms with van der Waals surface area (Å²) in [5.74, 6) is 0.555. The molecule has 126 valence electrons. The minimum Gasteiger partial charge on any atom is -0.332 e. The highest BCUT2D eigenvalue weighted by atomic mass is 79.9. The molecule has 1 N–H and O–H groups in total. The molecular formula is C20H23BrN2S. The Hall–Kier alpha value is -1.65. The van der Waals surface area contributed by atoms with Crippen molar-refractivity contribution in [2.75, 3.05) is 5.32 Å². The number of aryl methyl sites for hydroxylation is 2. The van der Waals surface area contributed by atoms with Crippen LogP contribution in [0.15, 0.2) is 48.5 Å². The van der Waals surface area contributed by atoms with Gasteiger partial charge in [-0.1, -0.05) is 67.1 Å². The number of nitrogens with one attached hydrogen (secondary N) is 1. The average Bonchev–Trinajstić information content (AvgIpc) is 2.89. The van der Waals surface area contributed by atoms with E-state index >= 15 is 0 Å². The molecule has 0 bridgehead atoms. The van der Waals surface area contributed by atoms with Crippen LogP contribution in [0.3, 0.4) is 0 Å². The second kappa shape index (κ2) is 7.95. The minimum absolute atomic E-state index is 0. The van der Waals surface area contributed by atoms with Crippen LogP contribution in [0.4, 0.5) is 10.8 Å². The van der Waals surface area contributed by atoms with E-state index in [0.29, 0.717) is 5.92 Å². The number of hydrogen-bond acceptors (Lipinski definition) is 3. The standard InChI is InChI=1S/C20H22N2S.BrH/c1-13(2)16-9-11-18(12-10-16)22-20-21-15(4)19(23-20)17-7-5-14(3)6-8-17;/h5-13H,1-4H3,(H,21,22);1H. The summed E-state index contributed by atoms with van der Waals surface area (Å²) in [5.41, 5.74) is 6.01. The number of halogens is 1. The molecule has 0 aliphatic heterocycles. The number of benzene rings is 2. The molecule has 1 heterocycles. The van der Waals surface area contributed by atoms with Crippen molar-refractivity contribution in [1.82, 2.24) is 4.98 Å². The largest absolute Gasteiger partial charge is 0.332 e. The number of thiazole rings is 1. The predicted octanol–water partition coefficient (Wildman–Crippen LogP) is 6.87. The first-order valence-electron chi connectivity index (χ1n) is 7.94. The van der Waals surface area contributed by atoms with Crippen LogP contribution in [0.5, 0.6) is 0 Å². The van der Waals surface area contributed by atoms with Gasteiger partial charge in [0.05, 0.1) is 10.6 Å². The smallest absolute Gasteiger partial charge is 0.187 e. The van der Waals surface area contributed by atoms with Gasteiger partial charge >= 0.3 is 0 Å². The second-order valence-corrected chi connectivity index (χ2v) is 7.20. The van der Waals surface area contributed by atoms with E-state index in [2.05, 4.69) is 86.5 Å². The predicted molar refractivity (Wildman–Crippen MR) is 111 cm³/mol. The van der Waals surface area contributed by atoms with E-state index in [0.717, 1.165) is 16.5 Å². The van der Waals surface area contributed by atoms with Crippen molar-refractivity contribution in [3.8, 4) is 10.4 Å². The van der Waals surface area contributed by atoms with E-state index in [9.17, 15) is 0 Å². The molecule has 0 saturated carbocycles. The summed E-state index contributed by atoms with van der Waals surface area (Å²) in [7, 11) is 0. The van der Waals surface area contributed by atoms with Crippen molar-refractivity contribution in [2.24, 2.45) is 0 Å². The molecule has 0 radical (unpaired) electrons. The van der Waals surface area contributed by atoms with Crippen molar-refractivity contribution in [3.63, 3.8) is 0 Å². The van der Waals surface area contributed by atoms with Gasteiger partial charge in [-0.3, -0.25) is 0 Å². The zero-order valence-electron chi connectivity index (χ0n) is 14.5. The minimum atomic E-state index is 0. The molecule has 4 heteroatoms. The van der Waals surface area contributed by atoms with E-state index in [4.69, 9.17) is 0 Å². The fraction of sp³-hybridized carbons (Fsp3) is 0.250. The SMILES string of the molecule is Br.Cc1ccc(-c2sc(Nc3ccc(C(C)C)cc3)nc2C)cc1. The number of aromatic nitrogens is 1. The lowest BCUT2D eigenvalue weighted by molar-refractivity contribution is 0.867. The fourth-order valence-electron chi connectivity index (χ4n) is 2.50. The Balaban J connectivity index is 0.00000208. The first-order chi connectivity index (χ1) is 11.0. The summed E-state index contributed by atoms with van der Waals surface area (Å²) in [6.45, 7) is 8.59. The van der Waals surface area contributed by atoms with Crippen molar-refractivity contribution < 1.29 is 0 Å². The van der Waals surface area contributed by atoms with E-state index < -0.39 is 0 Å². The van der Waals surface area contributed by atoms with Gasteiger partial charge in [0.1, 0.15) is 0 Å². The summed E-state index contributed by atoms with van der Waals surface area (Å²) in [6, 6.07) is 17.2. The second-order valence-electron chi connectivity index (χ2n) is 6.20. The molecule has 2 aromatic carbocycles. The number of anilines is 2. The number of hydrogen-bond donors (Lipinski definition) is 1. The van der Waals surface area contributed by atoms with Gasteiger partial charge in [0.2, 0.25) is 0 Å². The molecule has 2 nitrogen and oxygen atoms in total. The van der Waals surface area contributed by atoms with Gasteiger partial charge in [-0.25, -0.2) is 4.98 Å². The van der Waals surface area contributed by atoms with Gasteiger partial charge < -0.3 is 5.32 Å². The van der Waals surface area contributed by atoms with Crippen molar-refractivity contribution >= 4 is 39.1 Å². The molecule has 0 unspecified atom stereocenters. The molecule has 0 aliphatic carbocycles. The highest BCUT2D eigenvalue weighted by Gasteiger charge is 2.10. The highest BCUT2D eigenvalue weighted by molar-refractivity contribution is 8.93. The van der Waals surface area contributed by atoms with Crippen LogP contribution in [-0.4, -0.2) is 4.98 Å². The molecule has 3 aromatic rings.